The van der Waals surface area contributed by atoms with Crippen LogP contribution in [0.25, 0.3) is 11.2 Å². The van der Waals surface area contributed by atoms with E-state index in [0.717, 1.165) is 5.56 Å². The van der Waals surface area contributed by atoms with E-state index in [-0.39, 0.29) is 11.1 Å². The van der Waals surface area contributed by atoms with Crippen molar-refractivity contribution in [3.8, 4) is 0 Å². The zero-order valence-corrected chi connectivity index (χ0v) is 10.4. The van der Waals surface area contributed by atoms with Gasteiger partial charge in [-0.1, -0.05) is 12.1 Å². The van der Waals surface area contributed by atoms with Crippen LogP contribution in [0.5, 0.6) is 0 Å². The van der Waals surface area contributed by atoms with Gasteiger partial charge in [0.05, 0.1) is 6.33 Å². The lowest BCUT2D eigenvalue weighted by Gasteiger charge is -2.06. The van der Waals surface area contributed by atoms with Crippen LogP contribution in [0.3, 0.4) is 0 Å². The van der Waals surface area contributed by atoms with Crippen LogP contribution in [-0.4, -0.2) is 19.9 Å². The molecule has 0 spiro atoms. The average molecular weight is 278 g/mol. The molecule has 7 heteroatoms. The summed E-state index contributed by atoms with van der Waals surface area (Å²) in [5.41, 5.74) is 1.96. The van der Waals surface area contributed by atoms with E-state index in [1.165, 1.54) is 18.5 Å². The van der Waals surface area contributed by atoms with E-state index in [1.807, 2.05) is 6.07 Å². The molecule has 0 aliphatic heterocycles. The summed E-state index contributed by atoms with van der Waals surface area (Å²) in [6, 6.07) is 6.34. The smallest absolute Gasteiger partial charge is 0.226 e. The summed E-state index contributed by atoms with van der Waals surface area (Å²) in [6.45, 7) is 0.430. The fraction of sp³-hybridized carbons (Fsp3) is 0.0833. The van der Waals surface area contributed by atoms with Crippen LogP contribution >= 0.6 is 11.6 Å². The van der Waals surface area contributed by atoms with Gasteiger partial charge in [0.2, 0.25) is 5.28 Å². The van der Waals surface area contributed by atoms with Gasteiger partial charge in [0.25, 0.3) is 0 Å². The number of nitrogens with zero attached hydrogens (tertiary/aromatic N) is 3. The molecule has 19 heavy (non-hydrogen) atoms. The molecule has 3 aromatic rings. The van der Waals surface area contributed by atoms with Crippen molar-refractivity contribution in [1.82, 2.24) is 19.9 Å². The van der Waals surface area contributed by atoms with Gasteiger partial charge in [-0.2, -0.15) is 9.97 Å². The largest absolute Gasteiger partial charge is 0.364 e. The molecule has 0 bridgehead atoms. The lowest BCUT2D eigenvalue weighted by molar-refractivity contribution is 0.626. The highest BCUT2D eigenvalue weighted by molar-refractivity contribution is 6.28. The van der Waals surface area contributed by atoms with E-state index in [1.54, 1.807) is 6.07 Å². The molecule has 0 saturated heterocycles. The molecule has 96 valence electrons. The SMILES string of the molecule is Fc1cccc(CNc2nc(Cl)nc3nc[nH]c23)c1. The summed E-state index contributed by atoms with van der Waals surface area (Å²) in [5, 5.41) is 3.20. The summed E-state index contributed by atoms with van der Waals surface area (Å²) >= 11 is 5.81. The third-order valence-electron chi connectivity index (χ3n) is 2.61. The maximum Gasteiger partial charge on any atom is 0.226 e. The third kappa shape index (κ3) is 2.48. The number of hydrogen-bond donors (Lipinski definition) is 2. The first-order chi connectivity index (χ1) is 9.22. The summed E-state index contributed by atoms with van der Waals surface area (Å²) in [5.74, 6) is 0.267. The maximum atomic E-state index is 13.1. The molecule has 2 heterocycles. The van der Waals surface area contributed by atoms with E-state index in [4.69, 9.17) is 11.6 Å². The Labute approximate surface area is 112 Å². The normalized spacial score (nSPS) is 10.8. The Balaban J connectivity index is 1.87. The van der Waals surface area contributed by atoms with Crippen LogP contribution in [0.2, 0.25) is 5.28 Å². The van der Waals surface area contributed by atoms with E-state index in [9.17, 15) is 4.39 Å². The maximum absolute atomic E-state index is 13.1. The van der Waals surface area contributed by atoms with Crippen LogP contribution in [0.1, 0.15) is 5.56 Å². The van der Waals surface area contributed by atoms with Crippen LogP contribution in [-0.2, 0) is 6.54 Å². The number of aromatic nitrogens is 4. The zero-order chi connectivity index (χ0) is 13.2. The number of hydrogen-bond acceptors (Lipinski definition) is 4. The first-order valence-electron chi connectivity index (χ1n) is 5.57. The second-order valence-corrected chi connectivity index (χ2v) is 4.26. The minimum atomic E-state index is -0.272. The standard InChI is InChI=1S/C12H9ClFN5/c13-12-18-10(9-11(19-12)17-6-16-9)15-5-7-2-1-3-8(14)4-7/h1-4,6H,5H2,(H2,15,16,17,18,19). The third-order valence-corrected chi connectivity index (χ3v) is 2.78. The van der Waals surface area contributed by atoms with Gasteiger partial charge in [-0.3, -0.25) is 0 Å². The van der Waals surface area contributed by atoms with Crippen LogP contribution < -0.4 is 5.32 Å². The molecule has 0 unspecified atom stereocenters. The van der Waals surface area contributed by atoms with Gasteiger partial charge < -0.3 is 10.3 Å². The molecule has 3 rings (SSSR count). The van der Waals surface area contributed by atoms with Crippen LogP contribution in [0, 0.1) is 5.82 Å². The van der Waals surface area contributed by atoms with Gasteiger partial charge in [0.1, 0.15) is 11.3 Å². The quantitative estimate of drug-likeness (QED) is 0.723. The second kappa shape index (κ2) is 4.81. The van der Waals surface area contributed by atoms with Crippen LogP contribution in [0.15, 0.2) is 30.6 Å². The molecule has 0 aliphatic rings. The Morgan fingerprint density at radius 3 is 3.05 bits per heavy atom. The Kier molecular flexibility index (Phi) is 3.00. The number of benzene rings is 1. The molecule has 0 fully saturated rings. The monoisotopic (exact) mass is 277 g/mol. The predicted molar refractivity (Wildman–Crippen MR) is 70.4 cm³/mol. The topological polar surface area (TPSA) is 66.5 Å². The molecule has 0 aliphatic carbocycles. The first kappa shape index (κ1) is 11.9. The highest BCUT2D eigenvalue weighted by Gasteiger charge is 2.08. The van der Waals surface area contributed by atoms with Crippen molar-refractivity contribution in [2.45, 2.75) is 6.54 Å². The number of fused-ring (bicyclic) bond motifs is 1. The van der Waals surface area contributed by atoms with Gasteiger partial charge in [-0.25, -0.2) is 9.37 Å². The molecular weight excluding hydrogens is 269 g/mol. The minimum absolute atomic E-state index is 0.112. The van der Waals surface area contributed by atoms with Crippen molar-refractivity contribution in [2.75, 3.05) is 5.32 Å². The van der Waals surface area contributed by atoms with Crippen molar-refractivity contribution < 1.29 is 4.39 Å². The van der Waals surface area contributed by atoms with Gasteiger partial charge >= 0.3 is 0 Å². The van der Waals surface area contributed by atoms with Crippen molar-refractivity contribution >= 4 is 28.6 Å². The lowest BCUT2D eigenvalue weighted by atomic mass is 10.2. The number of nitrogens with one attached hydrogen (secondary N) is 2. The molecule has 0 radical (unpaired) electrons. The number of rotatable bonds is 3. The van der Waals surface area contributed by atoms with Crippen molar-refractivity contribution in [2.24, 2.45) is 0 Å². The highest BCUT2D eigenvalue weighted by atomic mass is 35.5. The predicted octanol–water partition coefficient (Wildman–Crippen LogP) is 2.76. The second-order valence-electron chi connectivity index (χ2n) is 3.93. The van der Waals surface area contributed by atoms with Crippen molar-refractivity contribution in [1.29, 1.82) is 0 Å². The van der Waals surface area contributed by atoms with E-state index >= 15 is 0 Å². The molecule has 1 aromatic carbocycles. The van der Waals surface area contributed by atoms with Gasteiger partial charge in [0, 0.05) is 6.54 Å². The molecule has 0 atom stereocenters. The fourth-order valence-corrected chi connectivity index (χ4v) is 1.93. The molecule has 0 saturated carbocycles. The number of anilines is 1. The Bertz CT molecular complexity index is 727. The Morgan fingerprint density at radius 2 is 2.21 bits per heavy atom. The molecule has 2 aromatic heterocycles. The molecule has 5 nitrogen and oxygen atoms in total. The average Bonchev–Trinajstić information content (AvgIpc) is 2.84. The van der Waals surface area contributed by atoms with E-state index < -0.39 is 0 Å². The molecule has 2 N–H and O–H groups in total. The number of imidazole rings is 1. The Hall–Kier alpha value is -2.21. The zero-order valence-electron chi connectivity index (χ0n) is 9.69. The fourth-order valence-electron chi connectivity index (χ4n) is 1.77. The summed E-state index contributed by atoms with van der Waals surface area (Å²) < 4.78 is 13.1. The summed E-state index contributed by atoms with van der Waals surface area (Å²) in [6.07, 6.45) is 1.52. The first-order valence-corrected chi connectivity index (χ1v) is 5.95. The lowest BCUT2D eigenvalue weighted by Crippen LogP contribution is -2.03. The Morgan fingerprint density at radius 1 is 1.32 bits per heavy atom. The summed E-state index contributed by atoms with van der Waals surface area (Å²) in [7, 11) is 0. The van der Waals surface area contributed by atoms with Gasteiger partial charge in [0.15, 0.2) is 11.5 Å². The van der Waals surface area contributed by atoms with Crippen LogP contribution in [0.4, 0.5) is 10.2 Å². The van der Waals surface area contributed by atoms with E-state index in [2.05, 4.69) is 25.3 Å². The van der Waals surface area contributed by atoms with Gasteiger partial charge in [-0.05, 0) is 29.3 Å². The number of halogens is 2. The molecule has 0 amide bonds. The van der Waals surface area contributed by atoms with Gasteiger partial charge in [-0.15, -0.1) is 0 Å². The molecular formula is C12H9ClFN5. The van der Waals surface area contributed by atoms with E-state index in [0.29, 0.717) is 23.5 Å². The van der Waals surface area contributed by atoms with Crippen molar-refractivity contribution in [3.63, 3.8) is 0 Å². The summed E-state index contributed by atoms with van der Waals surface area (Å²) in [4.78, 5) is 15.0. The van der Waals surface area contributed by atoms with Crippen molar-refractivity contribution in [3.05, 3.63) is 47.3 Å². The number of H-pyrrole nitrogens is 1. The number of aromatic amines is 1. The highest BCUT2D eigenvalue weighted by Crippen LogP contribution is 2.19. The minimum Gasteiger partial charge on any atom is -0.364 e.